The Morgan fingerprint density at radius 1 is 1.33 bits per heavy atom. The number of aromatic nitrogens is 2. The summed E-state index contributed by atoms with van der Waals surface area (Å²) in [6, 6.07) is 0. The average molecular weight is 487 g/mol. The minimum absolute atomic E-state index is 0.0345. The Hall–Kier alpha value is -2.26. The first kappa shape index (κ1) is 27.0. The zero-order valence-electron chi connectivity index (χ0n) is 18.4. The van der Waals surface area contributed by atoms with Crippen molar-refractivity contribution in [1.29, 1.82) is 0 Å². The molecule has 0 radical (unpaired) electrons. The molecule has 1 aromatic rings. The summed E-state index contributed by atoms with van der Waals surface area (Å²) in [6.45, 7) is 1.58. The van der Waals surface area contributed by atoms with Gasteiger partial charge >= 0.3 is 13.5 Å². The second-order valence-corrected chi connectivity index (χ2v) is 8.91. The number of aliphatic hydroxyl groups excluding tert-OH is 1. The molecule has 0 aromatic carbocycles. The number of aliphatic hydroxyl groups is 1. The standard InChI is InChI=1S/C20H30N3O9P/c1-2-3-4-5-6-9-17(25)21-10-7-8-14-12-23(20(27)22-19(14)26)18-11-15(24)16(32-18)13-31-33(28,29)30/h12,15-16,18,24H,2-6,9-11,13H2,1H3,(H,21,25)(H,22,26,27)(H2,28,29,30)/t15?,16-,18-/m1/s1. The Morgan fingerprint density at radius 2 is 2.06 bits per heavy atom. The summed E-state index contributed by atoms with van der Waals surface area (Å²) in [7, 11) is -4.75. The van der Waals surface area contributed by atoms with Crippen molar-refractivity contribution < 1.29 is 33.5 Å². The Bertz CT molecular complexity index is 1020. The number of carbonyl (C=O) groups excluding carboxylic acids is 1. The third-order valence-electron chi connectivity index (χ3n) is 4.99. The molecule has 1 aromatic heterocycles. The molecule has 0 saturated carbocycles. The molecule has 2 heterocycles. The Balaban J connectivity index is 1.95. The number of nitrogens with one attached hydrogen (secondary N) is 2. The molecule has 0 spiro atoms. The van der Waals surface area contributed by atoms with Gasteiger partial charge in [-0.15, -0.1) is 0 Å². The monoisotopic (exact) mass is 487 g/mol. The molecule has 1 fully saturated rings. The lowest BCUT2D eigenvalue weighted by molar-refractivity contribution is -0.120. The van der Waals surface area contributed by atoms with Crippen molar-refractivity contribution in [3.8, 4) is 11.8 Å². The minimum Gasteiger partial charge on any atom is -0.390 e. The fourth-order valence-electron chi connectivity index (χ4n) is 3.25. The van der Waals surface area contributed by atoms with Gasteiger partial charge in [-0.05, 0) is 6.42 Å². The van der Waals surface area contributed by atoms with Crippen LogP contribution in [0, 0.1) is 11.8 Å². The SMILES string of the molecule is CCCCCCCC(=O)NCC#Cc1cn([C@H]2CC(O)[C@@H](COP(=O)(O)O)O2)c(=O)[nH]c1=O. The van der Waals surface area contributed by atoms with E-state index >= 15 is 0 Å². The third kappa shape index (κ3) is 9.25. The molecule has 1 aliphatic rings. The van der Waals surface area contributed by atoms with Crippen LogP contribution < -0.4 is 16.6 Å². The maximum Gasteiger partial charge on any atom is 0.469 e. The van der Waals surface area contributed by atoms with Crippen LogP contribution in [0.5, 0.6) is 0 Å². The molecular formula is C20H30N3O9P. The molecule has 13 heteroatoms. The van der Waals surface area contributed by atoms with Crippen LogP contribution in [0.15, 0.2) is 15.8 Å². The third-order valence-corrected chi connectivity index (χ3v) is 5.48. The highest BCUT2D eigenvalue weighted by atomic mass is 31.2. The van der Waals surface area contributed by atoms with Crippen molar-refractivity contribution in [3.63, 3.8) is 0 Å². The number of phosphoric acid groups is 1. The predicted octanol–water partition coefficient (Wildman–Crippen LogP) is 0.123. The normalized spacial score (nSPS) is 20.3. The van der Waals surface area contributed by atoms with Gasteiger partial charge in [-0.3, -0.25) is 23.7 Å². The van der Waals surface area contributed by atoms with Crippen LogP contribution in [0.25, 0.3) is 0 Å². The smallest absolute Gasteiger partial charge is 0.390 e. The summed E-state index contributed by atoms with van der Waals surface area (Å²) in [5.74, 6) is 5.13. The summed E-state index contributed by atoms with van der Waals surface area (Å²) in [5, 5.41) is 12.7. The number of H-pyrrole nitrogens is 1. The average Bonchev–Trinajstić information content (AvgIpc) is 3.10. The number of ether oxygens (including phenoxy) is 1. The first-order valence-corrected chi connectivity index (χ1v) is 12.3. The van der Waals surface area contributed by atoms with Gasteiger partial charge in [0.05, 0.1) is 19.3 Å². The lowest BCUT2D eigenvalue weighted by atomic mass is 10.1. The molecule has 0 aliphatic carbocycles. The molecule has 1 unspecified atom stereocenters. The maximum atomic E-state index is 12.2. The van der Waals surface area contributed by atoms with Crippen LogP contribution in [-0.2, 0) is 18.6 Å². The number of amides is 1. The van der Waals surface area contributed by atoms with Crippen molar-refractivity contribution in [3.05, 3.63) is 32.6 Å². The summed E-state index contributed by atoms with van der Waals surface area (Å²) < 4.78 is 21.7. The second-order valence-electron chi connectivity index (χ2n) is 7.67. The number of hydrogen-bond acceptors (Lipinski definition) is 7. The van der Waals surface area contributed by atoms with E-state index in [1.807, 2.05) is 0 Å². The van der Waals surface area contributed by atoms with Gasteiger partial charge in [0.2, 0.25) is 5.91 Å². The summed E-state index contributed by atoms with van der Waals surface area (Å²) in [5.41, 5.74) is -1.56. The second kappa shape index (κ2) is 12.8. The van der Waals surface area contributed by atoms with Gasteiger partial charge in [-0.25, -0.2) is 9.36 Å². The molecule has 0 bridgehead atoms. The van der Waals surface area contributed by atoms with Crippen LogP contribution in [0.1, 0.15) is 63.7 Å². The van der Waals surface area contributed by atoms with Crippen molar-refractivity contribution in [1.82, 2.24) is 14.9 Å². The fraction of sp³-hybridized carbons (Fsp3) is 0.650. The van der Waals surface area contributed by atoms with E-state index in [1.54, 1.807) is 0 Å². The number of phosphoric ester groups is 1. The summed E-state index contributed by atoms with van der Waals surface area (Å²) in [4.78, 5) is 55.7. The van der Waals surface area contributed by atoms with Crippen molar-refractivity contribution in [2.24, 2.45) is 0 Å². The summed E-state index contributed by atoms with van der Waals surface area (Å²) in [6.07, 6.45) is 3.47. The van der Waals surface area contributed by atoms with E-state index in [-0.39, 0.29) is 24.4 Å². The molecular weight excluding hydrogens is 457 g/mol. The lowest BCUT2D eigenvalue weighted by Gasteiger charge is -2.16. The van der Waals surface area contributed by atoms with Crippen LogP contribution >= 0.6 is 7.82 Å². The van der Waals surface area contributed by atoms with E-state index in [2.05, 4.69) is 33.6 Å². The molecule has 3 atom stereocenters. The molecule has 2 rings (SSSR count). The zero-order chi connectivity index (χ0) is 24.4. The van der Waals surface area contributed by atoms with Gasteiger partial charge in [0, 0.05) is 19.0 Å². The topological polar surface area (TPSA) is 180 Å². The van der Waals surface area contributed by atoms with Crippen LogP contribution in [0.4, 0.5) is 0 Å². The van der Waals surface area contributed by atoms with Gasteiger partial charge < -0.3 is 24.9 Å². The highest BCUT2D eigenvalue weighted by molar-refractivity contribution is 7.46. The molecule has 1 saturated heterocycles. The van der Waals surface area contributed by atoms with E-state index in [0.717, 1.165) is 36.7 Å². The Labute approximate surface area is 190 Å². The van der Waals surface area contributed by atoms with E-state index < -0.39 is 44.1 Å². The lowest BCUT2D eigenvalue weighted by Crippen LogP contribution is -2.33. The van der Waals surface area contributed by atoms with Gasteiger partial charge in [0.15, 0.2) is 0 Å². The molecule has 184 valence electrons. The number of unbranched alkanes of at least 4 members (excludes halogenated alkanes) is 4. The predicted molar refractivity (Wildman–Crippen MR) is 117 cm³/mol. The first-order chi connectivity index (χ1) is 15.6. The van der Waals surface area contributed by atoms with Crippen molar-refractivity contribution in [2.45, 2.75) is 70.3 Å². The molecule has 1 amide bonds. The van der Waals surface area contributed by atoms with Crippen LogP contribution in [0.3, 0.4) is 0 Å². The fourth-order valence-corrected chi connectivity index (χ4v) is 3.60. The number of rotatable bonds is 11. The Morgan fingerprint density at radius 3 is 2.76 bits per heavy atom. The van der Waals surface area contributed by atoms with Gasteiger partial charge in [-0.2, -0.15) is 0 Å². The van der Waals surface area contributed by atoms with Crippen LogP contribution in [-0.4, -0.2) is 55.7 Å². The van der Waals surface area contributed by atoms with Gasteiger partial charge in [0.1, 0.15) is 17.9 Å². The molecule has 5 N–H and O–H groups in total. The highest BCUT2D eigenvalue weighted by Crippen LogP contribution is 2.38. The van der Waals surface area contributed by atoms with E-state index in [9.17, 15) is 24.1 Å². The van der Waals surface area contributed by atoms with E-state index in [0.29, 0.717) is 6.42 Å². The highest BCUT2D eigenvalue weighted by Gasteiger charge is 2.37. The number of nitrogens with zero attached hydrogens (tertiary/aromatic N) is 1. The van der Waals surface area contributed by atoms with E-state index in [4.69, 9.17) is 14.5 Å². The quantitative estimate of drug-likeness (QED) is 0.165. The van der Waals surface area contributed by atoms with Gasteiger partial charge in [-0.1, -0.05) is 44.4 Å². The number of hydrogen-bond donors (Lipinski definition) is 5. The molecule has 12 nitrogen and oxygen atoms in total. The summed E-state index contributed by atoms with van der Waals surface area (Å²) >= 11 is 0. The zero-order valence-corrected chi connectivity index (χ0v) is 19.3. The minimum atomic E-state index is -4.75. The number of carbonyl (C=O) groups is 1. The van der Waals surface area contributed by atoms with Crippen molar-refractivity contribution >= 4 is 13.7 Å². The van der Waals surface area contributed by atoms with E-state index in [1.165, 1.54) is 6.20 Å². The Kier molecular flexibility index (Phi) is 10.5. The van der Waals surface area contributed by atoms with Crippen molar-refractivity contribution in [2.75, 3.05) is 13.2 Å². The first-order valence-electron chi connectivity index (χ1n) is 10.8. The largest absolute Gasteiger partial charge is 0.469 e. The maximum absolute atomic E-state index is 12.2. The van der Waals surface area contributed by atoms with Gasteiger partial charge in [0.25, 0.3) is 5.56 Å². The number of aromatic amines is 1. The van der Waals surface area contributed by atoms with Crippen LogP contribution in [0.2, 0.25) is 0 Å². The molecule has 33 heavy (non-hydrogen) atoms. The molecule has 1 aliphatic heterocycles.